The maximum absolute atomic E-state index is 14.9. The van der Waals surface area contributed by atoms with E-state index in [9.17, 15) is 27.1 Å². The second-order valence-electron chi connectivity index (χ2n) is 9.25. The van der Waals surface area contributed by atoms with E-state index in [1.807, 2.05) is 0 Å². The minimum Gasteiger partial charge on any atom is -0.464 e. The Balaban J connectivity index is 1.41. The van der Waals surface area contributed by atoms with Crippen LogP contribution in [0.4, 0.5) is 27.6 Å². The predicted octanol–water partition coefficient (Wildman–Crippen LogP) is 4.57. The summed E-state index contributed by atoms with van der Waals surface area (Å²) >= 11 is 0. The Hall–Kier alpha value is -3.49. The van der Waals surface area contributed by atoms with E-state index in [0.29, 0.717) is 23.0 Å². The lowest BCUT2D eigenvalue weighted by Gasteiger charge is -2.30. The van der Waals surface area contributed by atoms with Crippen molar-refractivity contribution in [2.24, 2.45) is 10.4 Å². The molecule has 0 radical (unpaired) electrons. The molecule has 3 aromatic rings. The monoisotopic (exact) mass is 558 g/mol. The molecule has 212 valence electrons. The van der Waals surface area contributed by atoms with E-state index in [-0.39, 0.29) is 57.0 Å². The van der Waals surface area contributed by atoms with Crippen molar-refractivity contribution in [1.29, 1.82) is 0 Å². The number of amidine groups is 1. The summed E-state index contributed by atoms with van der Waals surface area (Å²) in [5, 5.41) is 12.6. The highest BCUT2D eigenvalue weighted by atomic mass is 19.4. The quantitative estimate of drug-likeness (QED) is 0.234. The number of anilines is 1. The van der Waals surface area contributed by atoms with Crippen LogP contribution < -0.4 is 10.1 Å². The number of alkyl halides is 3. The van der Waals surface area contributed by atoms with Gasteiger partial charge >= 0.3 is 6.18 Å². The number of pyridine rings is 1. The Morgan fingerprint density at radius 1 is 1.15 bits per heavy atom. The van der Waals surface area contributed by atoms with Crippen molar-refractivity contribution in [2.75, 3.05) is 51.5 Å². The van der Waals surface area contributed by atoms with Crippen molar-refractivity contribution >= 4 is 22.7 Å². The average molecular weight is 559 g/mol. The molecule has 0 saturated heterocycles. The van der Waals surface area contributed by atoms with Gasteiger partial charge in [0.15, 0.2) is 17.4 Å². The highest BCUT2D eigenvalue weighted by Crippen LogP contribution is 2.35. The van der Waals surface area contributed by atoms with Gasteiger partial charge in [0, 0.05) is 35.6 Å². The molecule has 1 aromatic carbocycles. The first-order valence-corrected chi connectivity index (χ1v) is 12.0. The van der Waals surface area contributed by atoms with Crippen molar-refractivity contribution in [3.05, 3.63) is 47.8 Å². The zero-order valence-corrected chi connectivity index (χ0v) is 20.9. The number of ether oxygens (including phenoxy) is 4. The second-order valence-corrected chi connectivity index (χ2v) is 9.25. The van der Waals surface area contributed by atoms with E-state index in [4.69, 9.17) is 14.2 Å². The number of nitrogens with one attached hydrogen (secondary N) is 2. The van der Waals surface area contributed by atoms with Gasteiger partial charge in [-0.05, 0) is 18.1 Å². The molecule has 14 heteroatoms. The summed E-state index contributed by atoms with van der Waals surface area (Å²) in [7, 11) is 0. The molecule has 3 heterocycles. The summed E-state index contributed by atoms with van der Waals surface area (Å²) in [6.45, 7) is 0.725. The molecule has 0 fully saturated rings. The van der Waals surface area contributed by atoms with E-state index >= 15 is 0 Å². The van der Waals surface area contributed by atoms with Crippen LogP contribution in [-0.4, -0.2) is 73.5 Å². The summed E-state index contributed by atoms with van der Waals surface area (Å²) in [6, 6.07) is 3.61. The fourth-order valence-electron chi connectivity index (χ4n) is 3.69. The minimum absolute atomic E-state index is 0.0327. The molecule has 39 heavy (non-hydrogen) atoms. The standard InChI is InChI=1S/C25H27F5N4O5/c1-24(12-35)11-33-23(38-13-24)34-16-8-17(26)21(18(27)9-16)39-19-2-4-31-22-20(19)15(10-32-22)3-5-36-6-7-37-14-25(28,29)30/h2,4,8-10,35H,3,5-7,11-14H2,1H3,(H,31,32)(H,33,34). The van der Waals surface area contributed by atoms with Crippen LogP contribution in [-0.2, 0) is 20.6 Å². The summed E-state index contributed by atoms with van der Waals surface area (Å²) in [4.78, 5) is 11.3. The molecular formula is C25H27F5N4O5. The number of aliphatic hydroxyl groups is 1. The molecule has 0 saturated carbocycles. The number of fused-ring (bicyclic) bond motifs is 1. The molecule has 1 aliphatic heterocycles. The summed E-state index contributed by atoms with van der Waals surface area (Å²) in [5.41, 5.74) is 0.620. The highest BCUT2D eigenvalue weighted by Gasteiger charge is 2.29. The number of hydrogen-bond acceptors (Lipinski definition) is 8. The molecular weight excluding hydrogens is 531 g/mol. The van der Waals surface area contributed by atoms with Crippen LogP contribution in [0.5, 0.6) is 11.5 Å². The lowest BCUT2D eigenvalue weighted by Crippen LogP contribution is -2.38. The Labute approximate surface area is 219 Å². The molecule has 1 atom stereocenters. The molecule has 1 unspecified atom stereocenters. The first kappa shape index (κ1) is 28.5. The number of H-pyrrole nitrogens is 1. The zero-order chi connectivity index (χ0) is 28.0. The van der Waals surface area contributed by atoms with Crippen LogP contribution in [0, 0.1) is 17.0 Å². The van der Waals surface area contributed by atoms with Gasteiger partial charge in [0.05, 0.1) is 38.4 Å². The van der Waals surface area contributed by atoms with E-state index in [2.05, 4.69) is 25.0 Å². The Morgan fingerprint density at radius 3 is 2.56 bits per heavy atom. The minimum atomic E-state index is -4.40. The topological polar surface area (TPSA) is 110 Å². The van der Waals surface area contributed by atoms with Crippen molar-refractivity contribution in [1.82, 2.24) is 9.97 Å². The van der Waals surface area contributed by atoms with Gasteiger partial charge in [-0.3, -0.25) is 0 Å². The zero-order valence-electron chi connectivity index (χ0n) is 20.9. The van der Waals surface area contributed by atoms with E-state index in [0.717, 1.165) is 12.1 Å². The largest absolute Gasteiger partial charge is 0.464 e. The third-order valence-corrected chi connectivity index (χ3v) is 5.78. The first-order chi connectivity index (χ1) is 18.6. The van der Waals surface area contributed by atoms with E-state index in [1.54, 1.807) is 13.1 Å². The predicted molar refractivity (Wildman–Crippen MR) is 131 cm³/mol. The first-order valence-electron chi connectivity index (χ1n) is 12.0. The number of nitrogens with zero attached hydrogens (tertiary/aromatic N) is 2. The van der Waals surface area contributed by atoms with Gasteiger partial charge in [-0.1, -0.05) is 6.92 Å². The maximum Gasteiger partial charge on any atom is 0.411 e. The fourth-order valence-corrected chi connectivity index (χ4v) is 3.69. The lowest BCUT2D eigenvalue weighted by molar-refractivity contribution is -0.176. The lowest BCUT2D eigenvalue weighted by atomic mass is 9.93. The van der Waals surface area contributed by atoms with Crippen molar-refractivity contribution in [3.63, 3.8) is 0 Å². The van der Waals surface area contributed by atoms with Crippen LogP contribution in [0.15, 0.2) is 35.6 Å². The molecule has 3 N–H and O–H groups in total. The van der Waals surface area contributed by atoms with E-state index < -0.39 is 35.6 Å². The van der Waals surface area contributed by atoms with Crippen molar-refractivity contribution in [3.8, 4) is 11.5 Å². The number of halogens is 5. The molecule has 0 aliphatic carbocycles. The second kappa shape index (κ2) is 12.1. The van der Waals surface area contributed by atoms with Crippen LogP contribution in [0.25, 0.3) is 11.0 Å². The fraction of sp³-hybridized carbons (Fsp3) is 0.440. The normalized spacial score (nSPS) is 17.7. The van der Waals surface area contributed by atoms with Crippen molar-refractivity contribution < 1.29 is 46.0 Å². The average Bonchev–Trinajstić information content (AvgIpc) is 3.30. The Morgan fingerprint density at radius 2 is 1.90 bits per heavy atom. The number of benzene rings is 1. The Bertz CT molecular complexity index is 1290. The maximum atomic E-state index is 14.9. The van der Waals surface area contributed by atoms with Gasteiger partial charge in [0.25, 0.3) is 6.02 Å². The van der Waals surface area contributed by atoms with Gasteiger partial charge in [0.2, 0.25) is 0 Å². The molecule has 0 amide bonds. The summed E-state index contributed by atoms with van der Waals surface area (Å²) in [5.74, 6) is -2.43. The van der Waals surface area contributed by atoms with Gasteiger partial charge < -0.3 is 34.4 Å². The van der Waals surface area contributed by atoms with E-state index in [1.165, 1.54) is 12.3 Å². The summed E-state index contributed by atoms with van der Waals surface area (Å²) in [6.07, 6.45) is -1.02. The molecule has 4 rings (SSSR count). The van der Waals surface area contributed by atoms with Gasteiger partial charge in [-0.2, -0.15) is 13.2 Å². The van der Waals surface area contributed by atoms with Crippen molar-refractivity contribution in [2.45, 2.75) is 19.5 Å². The van der Waals surface area contributed by atoms with Crippen LogP contribution in [0.1, 0.15) is 12.5 Å². The molecule has 0 bridgehead atoms. The number of hydrogen-bond donors (Lipinski definition) is 3. The Kier molecular flexibility index (Phi) is 8.87. The third-order valence-electron chi connectivity index (χ3n) is 5.78. The van der Waals surface area contributed by atoms with Crippen LogP contribution in [0.3, 0.4) is 0 Å². The molecule has 2 aromatic heterocycles. The number of rotatable bonds is 11. The molecule has 0 spiro atoms. The number of aliphatic hydroxyl groups excluding tert-OH is 1. The van der Waals surface area contributed by atoms with Crippen LogP contribution in [0.2, 0.25) is 0 Å². The smallest absolute Gasteiger partial charge is 0.411 e. The highest BCUT2D eigenvalue weighted by molar-refractivity contribution is 5.89. The number of aromatic amines is 1. The molecule has 9 nitrogen and oxygen atoms in total. The SMILES string of the molecule is CC1(CO)CN=C(Nc2cc(F)c(Oc3ccnc4[nH]cc(CCOCCOCC(F)(F)F)c34)c(F)c2)OC1. The number of aliphatic imine (C=N–C) groups is 1. The van der Waals surface area contributed by atoms with Gasteiger partial charge in [0.1, 0.15) is 24.6 Å². The third kappa shape index (κ3) is 7.55. The number of aromatic nitrogens is 2. The van der Waals surface area contributed by atoms with Gasteiger partial charge in [-0.15, -0.1) is 0 Å². The summed E-state index contributed by atoms with van der Waals surface area (Å²) < 4.78 is 87.1. The van der Waals surface area contributed by atoms with Gasteiger partial charge in [-0.25, -0.2) is 18.8 Å². The van der Waals surface area contributed by atoms with Crippen LogP contribution >= 0.6 is 0 Å². The molecule has 1 aliphatic rings.